The number of methoxy groups -OCH3 is 1. The van der Waals surface area contributed by atoms with Gasteiger partial charge in [-0.15, -0.1) is 0 Å². The van der Waals surface area contributed by atoms with E-state index in [0.717, 1.165) is 6.20 Å². The van der Waals surface area contributed by atoms with Crippen LogP contribution in [0.3, 0.4) is 0 Å². The number of hydrogen-bond acceptors (Lipinski definition) is 6. The molecule has 1 aliphatic heterocycles. The minimum Gasteiger partial charge on any atom is -0.497 e. The second kappa shape index (κ2) is 4.10. The van der Waals surface area contributed by atoms with Gasteiger partial charge >= 0.3 is 5.23 Å². The molecule has 1 aliphatic rings. The van der Waals surface area contributed by atoms with Gasteiger partial charge in [0.2, 0.25) is 0 Å². The van der Waals surface area contributed by atoms with Crippen LogP contribution in [0.1, 0.15) is 0 Å². The van der Waals surface area contributed by atoms with E-state index in [1.54, 1.807) is 24.3 Å². The Morgan fingerprint density at radius 1 is 1.29 bits per heavy atom. The maximum atomic E-state index is 11.6. The Morgan fingerprint density at radius 3 is 2.59 bits per heavy atom. The van der Waals surface area contributed by atoms with Crippen LogP contribution in [0.15, 0.2) is 40.5 Å². The van der Waals surface area contributed by atoms with Gasteiger partial charge in [0, 0.05) is 6.07 Å². The van der Waals surface area contributed by atoms with Crippen molar-refractivity contribution in [3.8, 4) is 11.5 Å². The van der Waals surface area contributed by atoms with E-state index in [0.29, 0.717) is 11.5 Å². The lowest BCUT2D eigenvalue weighted by Crippen LogP contribution is -2.22. The van der Waals surface area contributed by atoms with E-state index >= 15 is 0 Å². The third-order valence-electron chi connectivity index (χ3n) is 2.08. The van der Waals surface area contributed by atoms with E-state index in [-0.39, 0.29) is 5.03 Å². The van der Waals surface area contributed by atoms with Gasteiger partial charge in [0.15, 0.2) is 5.03 Å². The fourth-order valence-corrected chi connectivity index (χ4v) is 1.99. The quantitative estimate of drug-likeness (QED) is 0.835. The lowest BCUT2D eigenvalue weighted by atomic mass is 10.3. The maximum absolute atomic E-state index is 11.6. The highest BCUT2D eigenvalue weighted by molar-refractivity contribution is 8.09. The van der Waals surface area contributed by atoms with Crippen LogP contribution in [0.5, 0.6) is 11.5 Å². The number of hydrogen-bond donors (Lipinski definition) is 1. The molecule has 90 valence electrons. The molecule has 2 N–H and O–H groups in total. The molecule has 0 aromatic heterocycles. The summed E-state index contributed by atoms with van der Waals surface area (Å²) >= 11 is 0. The van der Waals surface area contributed by atoms with Crippen molar-refractivity contribution in [1.82, 2.24) is 0 Å². The normalized spacial score (nSPS) is 17.2. The largest absolute Gasteiger partial charge is 0.497 e. The summed E-state index contributed by atoms with van der Waals surface area (Å²) in [6.45, 7) is 0. The molecule has 1 aromatic rings. The van der Waals surface area contributed by atoms with Crippen LogP contribution in [0.4, 0.5) is 0 Å². The maximum Gasteiger partial charge on any atom is 0.321 e. The fraction of sp³-hybridized carbons (Fsp3) is 0.100. The molecule has 2 rings (SSSR count). The molecule has 0 unspecified atom stereocenters. The summed E-state index contributed by atoms with van der Waals surface area (Å²) in [5.41, 5.74) is 5.27. The summed E-state index contributed by atoms with van der Waals surface area (Å²) in [5.74, 6) is 0.870. The average molecular weight is 254 g/mol. The van der Waals surface area contributed by atoms with Crippen LogP contribution >= 0.6 is 0 Å². The van der Waals surface area contributed by atoms with E-state index in [1.165, 1.54) is 7.11 Å². The summed E-state index contributed by atoms with van der Waals surface area (Å²) in [7, 11) is -2.26. The monoisotopic (exact) mass is 254 g/mol. The summed E-state index contributed by atoms with van der Waals surface area (Å²) in [6.07, 6.45) is 1.05. The molecule has 0 fully saturated rings. The molecule has 0 radical (unpaired) electrons. The highest BCUT2D eigenvalue weighted by atomic mass is 32.2. The Morgan fingerprint density at radius 2 is 2.00 bits per heavy atom. The van der Waals surface area contributed by atoms with Gasteiger partial charge in [0.05, 0.1) is 13.3 Å². The molecule has 0 bridgehead atoms. The standard InChI is InChI=1S/C10H10N2O4S/c1-15-7-3-2-4-8(5-7)16-10-12-6-9(11)17(10,13)14/h2-6H,11H2,1H3. The van der Waals surface area contributed by atoms with Gasteiger partial charge in [0.1, 0.15) is 11.5 Å². The number of ether oxygens (including phenoxy) is 2. The van der Waals surface area contributed by atoms with Gasteiger partial charge in [0.25, 0.3) is 9.84 Å². The van der Waals surface area contributed by atoms with Crippen molar-refractivity contribution in [2.45, 2.75) is 0 Å². The summed E-state index contributed by atoms with van der Waals surface area (Å²) < 4.78 is 33.3. The SMILES string of the molecule is COc1cccc(OC2=NC=C(N)S2(=O)=O)c1. The second-order valence-corrected chi connectivity index (χ2v) is 5.04. The van der Waals surface area contributed by atoms with Crippen LogP contribution in [0.2, 0.25) is 0 Å². The number of nitrogens with two attached hydrogens (primary N) is 1. The van der Waals surface area contributed by atoms with Crippen molar-refractivity contribution < 1.29 is 17.9 Å². The zero-order chi connectivity index (χ0) is 12.5. The van der Waals surface area contributed by atoms with Crippen LogP contribution < -0.4 is 15.2 Å². The molecular formula is C10H10N2O4S. The molecule has 0 saturated heterocycles. The molecule has 1 heterocycles. The zero-order valence-electron chi connectivity index (χ0n) is 8.95. The van der Waals surface area contributed by atoms with Crippen LogP contribution in [-0.2, 0) is 9.84 Å². The lowest BCUT2D eigenvalue weighted by Gasteiger charge is -2.06. The smallest absolute Gasteiger partial charge is 0.321 e. The van der Waals surface area contributed by atoms with Gasteiger partial charge in [-0.05, 0) is 12.1 Å². The number of nitrogens with zero attached hydrogens (tertiary/aromatic N) is 1. The van der Waals surface area contributed by atoms with Crippen molar-refractivity contribution in [1.29, 1.82) is 0 Å². The molecule has 0 amide bonds. The van der Waals surface area contributed by atoms with Gasteiger partial charge in [-0.2, -0.15) is 0 Å². The van der Waals surface area contributed by atoms with Crippen molar-refractivity contribution in [2.24, 2.45) is 10.7 Å². The highest BCUT2D eigenvalue weighted by Gasteiger charge is 2.30. The van der Waals surface area contributed by atoms with Crippen LogP contribution in [-0.4, -0.2) is 20.8 Å². The number of rotatable bonds is 2. The van der Waals surface area contributed by atoms with E-state index in [2.05, 4.69) is 4.99 Å². The molecule has 0 aliphatic carbocycles. The molecule has 6 nitrogen and oxygen atoms in total. The first-order valence-corrected chi connectivity index (χ1v) is 6.13. The van der Waals surface area contributed by atoms with E-state index < -0.39 is 15.1 Å². The number of aliphatic imine (C=N–C) groups is 1. The predicted octanol–water partition coefficient (Wildman–Crippen LogP) is 0.616. The number of sulfone groups is 1. The van der Waals surface area contributed by atoms with Gasteiger partial charge in [-0.25, -0.2) is 13.4 Å². The molecule has 0 spiro atoms. The molecule has 0 atom stereocenters. The van der Waals surface area contributed by atoms with Crippen molar-refractivity contribution >= 4 is 15.1 Å². The van der Waals surface area contributed by atoms with Gasteiger partial charge < -0.3 is 15.2 Å². The summed E-state index contributed by atoms with van der Waals surface area (Å²) in [5, 5.41) is -0.751. The molecular weight excluding hydrogens is 244 g/mol. The third kappa shape index (κ3) is 2.09. The molecule has 17 heavy (non-hydrogen) atoms. The third-order valence-corrected chi connectivity index (χ3v) is 3.46. The number of benzene rings is 1. The Hall–Kier alpha value is -2.02. The van der Waals surface area contributed by atoms with E-state index in [9.17, 15) is 8.42 Å². The predicted molar refractivity (Wildman–Crippen MR) is 62.2 cm³/mol. The first-order chi connectivity index (χ1) is 8.04. The zero-order valence-corrected chi connectivity index (χ0v) is 9.77. The minimum absolute atomic E-state index is 0.315. The summed E-state index contributed by atoms with van der Waals surface area (Å²) in [4.78, 5) is 3.60. The van der Waals surface area contributed by atoms with Crippen molar-refractivity contribution in [2.75, 3.05) is 7.11 Å². The second-order valence-electron chi connectivity index (χ2n) is 3.21. The first-order valence-electron chi connectivity index (χ1n) is 4.64. The van der Waals surface area contributed by atoms with E-state index in [4.69, 9.17) is 15.2 Å². The Balaban J connectivity index is 2.24. The van der Waals surface area contributed by atoms with E-state index in [1.807, 2.05) is 0 Å². The fourth-order valence-electron chi connectivity index (χ4n) is 1.20. The Bertz CT molecular complexity index is 604. The van der Waals surface area contributed by atoms with Gasteiger partial charge in [-0.3, -0.25) is 0 Å². The van der Waals surface area contributed by atoms with Crippen molar-refractivity contribution in [3.63, 3.8) is 0 Å². The molecule has 1 aromatic carbocycles. The van der Waals surface area contributed by atoms with Crippen LogP contribution in [0, 0.1) is 0 Å². The summed E-state index contributed by atoms with van der Waals surface area (Å²) in [6, 6.07) is 6.53. The first kappa shape index (κ1) is 11.5. The Labute approximate surface area is 98.3 Å². The topological polar surface area (TPSA) is 91.0 Å². The highest BCUT2D eigenvalue weighted by Crippen LogP contribution is 2.22. The van der Waals surface area contributed by atoms with Crippen LogP contribution in [0.25, 0.3) is 0 Å². The van der Waals surface area contributed by atoms with Gasteiger partial charge in [-0.1, -0.05) is 6.07 Å². The minimum atomic E-state index is -3.76. The molecule has 0 saturated carbocycles. The van der Waals surface area contributed by atoms with Crippen molar-refractivity contribution in [3.05, 3.63) is 35.5 Å². The average Bonchev–Trinajstić information content (AvgIpc) is 2.56. The lowest BCUT2D eigenvalue weighted by molar-refractivity contribution is 0.412. The molecule has 7 heteroatoms. The Kier molecular flexibility index (Phi) is 2.76.